The number of fused-ring (bicyclic) bond motifs is 1. The summed E-state index contributed by atoms with van der Waals surface area (Å²) in [5, 5.41) is 3.55. The van der Waals surface area contributed by atoms with E-state index in [2.05, 4.69) is 24.1 Å². The first kappa shape index (κ1) is 14.9. The first-order chi connectivity index (χ1) is 9.52. The Morgan fingerprint density at radius 3 is 2.85 bits per heavy atom. The second-order valence-electron chi connectivity index (χ2n) is 5.27. The predicted octanol–water partition coefficient (Wildman–Crippen LogP) is 3.33. The van der Waals surface area contributed by atoms with Crippen molar-refractivity contribution in [1.29, 1.82) is 0 Å². The molecule has 0 atom stereocenters. The van der Waals surface area contributed by atoms with E-state index in [0.717, 1.165) is 17.8 Å². The molecule has 0 unspecified atom stereocenters. The zero-order chi connectivity index (χ0) is 14.7. The fourth-order valence-corrected chi connectivity index (χ4v) is 2.27. The summed E-state index contributed by atoms with van der Waals surface area (Å²) in [6.45, 7) is 6.94. The third kappa shape index (κ3) is 3.12. The number of imidazole rings is 1. The SMILES string of the molecule is CCc1nc2ccc(Cl)cn2c1C(=O)NCCC(C)C. The van der Waals surface area contributed by atoms with Crippen LogP contribution in [0, 0.1) is 5.92 Å². The van der Waals surface area contributed by atoms with Crippen LogP contribution in [0.25, 0.3) is 5.65 Å². The number of nitrogens with zero attached hydrogens (tertiary/aromatic N) is 2. The molecule has 0 bridgehead atoms. The lowest BCUT2D eigenvalue weighted by atomic mass is 10.1. The van der Waals surface area contributed by atoms with Gasteiger partial charge in [0.2, 0.25) is 0 Å². The highest BCUT2D eigenvalue weighted by atomic mass is 35.5. The first-order valence-electron chi connectivity index (χ1n) is 6.97. The number of carbonyl (C=O) groups is 1. The normalized spacial score (nSPS) is 11.2. The van der Waals surface area contributed by atoms with Gasteiger partial charge in [0.05, 0.1) is 10.7 Å². The van der Waals surface area contributed by atoms with Gasteiger partial charge in [0.15, 0.2) is 0 Å². The molecule has 0 radical (unpaired) electrons. The molecule has 5 heteroatoms. The van der Waals surface area contributed by atoms with E-state index in [0.29, 0.717) is 29.6 Å². The zero-order valence-electron chi connectivity index (χ0n) is 12.1. The fourth-order valence-electron chi connectivity index (χ4n) is 2.11. The van der Waals surface area contributed by atoms with Crippen molar-refractivity contribution < 1.29 is 4.79 Å². The minimum absolute atomic E-state index is 0.0859. The number of amides is 1. The molecule has 0 saturated heterocycles. The van der Waals surface area contributed by atoms with Gasteiger partial charge in [-0.1, -0.05) is 32.4 Å². The predicted molar refractivity (Wildman–Crippen MR) is 81.4 cm³/mol. The highest BCUT2D eigenvalue weighted by molar-refractivity contribution is 6.30. The van der Waals surface area contributed by atoms with Crippen molar-refractivity contribution in [2.45, 2.75) is 33.6 Å². The quantitative estimate of drug-likeness (QED) is 0.919. The van der Waals surface area contributed by atoms with Gasteiger partial charge in [-0.15, -0.1) is 0 Å². The van der Waals surface area contributed by atoms with E-state index in [1.165, 1.54) is 0 Å². The molecule has 1 N–H and O–H groups in total. The maximum Gasteiger partial charge on any atom is 0.270 e. The van der Waals surface area contributed by atoms with E-state index >= 15 is 0 Å². The van der Waals surface area contributed by atoms with Crippen LogP contribution in [0.4, 0.5) is 0 Å². The molecule has 2 aromatic heterocycles. The summed E-state index contributed by atoms with van der Waals surface area (Å²) in [7, 11) is 0. The van der Waals surface area contributed by atoms with Crippen LogP contribution in [0.1, 0.15) is 43.4 Å². The minimum Gasteiger partial charge on any atom is -0.351 e. The Kier molecular flexibility index (Phi) is 4.65. The highest BCUT2D eigenvalue weighted by Gasteiger charge is 2.18. The number of aromatic nitrogens is 2. The highest BCUT2D eigenvalue weighted by Crippen LogP contribution is 2.17. The van der Waals surface area contributed by atoms with Gasteiger partial charge in [0.1, 0.15) is 11.3 Å². The van der Waals surface area contributed by atoms with Gasteiger partial charge >= 0.3 is 0 Å². The molecule has 0 aliphatic rings. The summed E-state index contributed by atoms with van der Waals surface area (Å²) in [4.78, 5) is 16.9. The van der Waals surface area contributed by atoms with E-state index in [1.54, 1.807) is 16.7 Å². The number of carbonyl (C=O) groups excluding carboxylic acids is 1. The molecular formula is C15H20ClN3O. The average molecular weight is 294 g/mol. The lowest BCUT2D eigenvalue weighted by molar-refractivity contribution is 0.0945. The first-order valence-corrected chi connectivity index (χ1v) is 7.35. The van der Waals surface area contributed by atoms with Crippen LogP contribution in [0.5, 0.6) is 0 Å². The monoisotopic (exact) mass is 293 g/mol. The molecule has 0 aliphatic carbocycles. The van der Waals surface area contributed by atoms with E-state index in [-0.39, 0.29) is 5.91 Å². The van der Waals surface area contributed by atoms with Crippen molar-refractivity contribution in [1.82, 2.24) is 14.7 Å². The van der Waals surface area contributed by atoms with E-state index in [1.807, 2.05) is 13.0 Å². The van der Waals surface area contributed by atoms with Crippen molar-refractivity contribution >= 4 is 23.2 Å². The maximum absolute atomic E-state index is 12.4. The molecule has 2 heterocycles. The molecule has 1 amide bonds. The summed E-state index contributed by atoms with van der Waals surface area (Å²) in [6.07, 6.45) is 3.41. The Hall–Kier alpha value is -1.55. The second kappa shape index (κ2) is 6.27. The molecule has 2 rings (SSSR count). The number of aryl methyl sites for hydroxylation is 1. The maximum atomic E-state index is 12.4. The number of nitrogens with one attached hydrogen (secondary N) is 1. The number of hydrogen-bond acceptors (Lipinski definition) is 2. The zero-order valence-corrected chi connectivity index (χ0v) is 12.9. The summed E-state index contributed by atoms with van der Waals surface area (Å²) in [5.41, 5.74) is 2.14. The smallest absolute Gasteiger partial charge is 0.270 e. The van der Waals surface area contributed by atoms with Crippen LogP contribution in [0.2, 0.25) is 5.02 Å². The molecular weight excluding hydrogens is 274 g/mol. The molecule has 108 valence electrons. The van der Waals surface area contributed by atoms with Crippen LogP contribution < -0.4 is 5.32 Å². The van der Waals surface area contributed by atoms with Crippen LogP contribution in [0.15, 0.2) is 18.3 Å². The summed E-state index contributed by atoms with van der Waals surface area (Å²) < 4.78 is 1.77. The lowest BCUT2D eigenvalue weighted by Gasteiger charge is -2.08. The van der Waals surface area contributed by atoms with Crippen LogP contribution >= 0.6 is 11.6 Å². The summed E-state index contributed by atoms with van der Waals surface area (Å²) in [5.74, 6) is 0.481. The van der Waals surface area contributed by atoms with Crippen LogP contribution in [-0.2, 0) is 6.42 Å². The van der Waals surface area contributed by atoms with E-state index in [4.69, 9.17) is 11.6 Å². The van der Waals surface area contributed by atoms with Gasteiger partial charge in [0, 0.05) is 12.7 Å². The topological polar surface area (TPSA) is 46.4 Å². The van der Waals surface area contributed by atoms with Crippen LogP contribution in [-0.4, -0.2) is 21.8 Å². The third-order valence-electron chi connectivity index (χ3n) is 3.21. The molecule has 0 aromatic carbocycles. The molecule has 0 aliphatic heterocycles. The van der Waals surface area contributed by atoms with Gasteiger partial charge < -0.3 is 5.32 Å². The Morgan fingerprint density at radius 2 is 2.20 bits per heavy atom. The Morgan fingerprint density at radius 1 is 1.45 bits per heavy atom. The standard InChI is InChI=1S/C15H20ClN3O/c1-4-12-14(15(20)17-8-7-10(2)3)19-9-11(16)5-6-13(19)18-12/h5-6,9-10H,4,7-8H2,1-3H3,(H,17,20). The number of pyridine rings is 1. The van der Waals surface area contributed by atoms with E-state index < -0.39 is 0 Å². The van der Waals surface area contributed by atoms with Crippen LogP contribution in [0.3, 0.4) is 0 Å². The number of rotatable bonds is 5. The van der Waals surface area contributed by atoms with Gasteiger partial charge in [-0.05, 0) is 30.9 Å². The fraction of sp³-hybridized carbons (Fsp3) is 0.467. The molecule has 2 aromatic rings. The molecule has 0 fully saturated rings. The molecule has 0 saturated carbocycles. The summed E-state index contributed by atoms with van der Waals surface area (Å²) >= 11 is 6.01. The summed E-state index contributed by atoms with van der Waals surface area (Å²) in [6, 6.07) is 3.61. The Bertz CT molecular complexity index is 619. The van der Waals surface area contributed by atoms with Gasteiger partial charge in [-0.25, -0.2) is 4.98 Å². The second-order valence-corrected chi connectivity index (χ2v) is 5.71. The largest absolute Gasteiger partial charge is 0.351 e. The van der Waals surface area contributed by atoms with E-state index in [9.17, 15) is 4.79 Å². The van der Waals surface area contributed by atoms with Crippen molar-refractivity contribution in [3.8, 4) is 0 Å². The lowest BCUT2D eigenvalue weighted by Crippen LogP contribution is -2.27. The van der Waals surface area contributed by atoms with Crippen molar-refractivity contribution in [2.75, 3.05) is 6.54 Å². The number of halogens is 1. The van der Waals surface area contributed by atoms with Crippen molar-refractivity contribution in [3.05, 3.63) is 34.7 Å². The molecule has 4 nitrogen and oxygen atoms in total. The molecule has 20 heavy (non-hydrogen) atoms. The van der Waals surface area contributed by atoms with Gasteiger partial charge in [-0.2, -0.15) is 0 Å². The minimum atomic E-state index is -0.0859. The molecule has 0 spiro atoms. The number of hydrogen-bond donors (Lipinski definition) is 1. The average Bonchev–Trinajstić information content (AvgIpc) is 2.75. The Balaban J connectivity index is 2.31. The van der Waals surface area contributed by atoms with Gasteiger partial charge in [0.25, 0.3) is 5.91 Å². The van der Waals surface area contributed by atoms with Crippen molar-refractivity contribution in [3.63, 3.8) is 0 Å². The Labute approximate surface area is 124 Å². The third-order valence-corrected chi connectivity index (χ3v) is 3.44. The van der Waals surface area contributed by atoms with Gasteiger partial charge in [-0.3, -0.25) is 9.20 Å². The van der Waals surface area contributed by atoms with Crippen molar-refractivity contribution in [2.24, 2.45) is 5.92 Å².